The maximum atomic E-state index is 14.4. The lowest BCUT2D eigenvalue weighted by molar-refractivity contribution is -0.122. The number of nitrogens with zero attached hydrogens (tertiary/aromatic N) is 2. The van der Waals surface area contributed by atoms with Crippen LogP contribution in [0.25, 0.3) is 17.0 Å². The quantitative estimate of drug-likeness (QED) is 0.256. The van der Waals surface area contributed by atoms with Gasteiger partial charge in [0.15, 0.2) is 0 Å². The minimum absolute atomic E-state index is 0.0725. The summed E-state index contributed by atoms with van der Waals surface area (Å²) in [5, 5.41) is 1.34. The van der Waals surface area contributed by atoms with E-state index in [-0.39, 0.29) is 18.3 Å². The van der Waals surface area contributed by atoms with E-state index in [1.165, 1.54) is 17.8 Å². The first kappa shape index (κ1) is 22.5. The topological polar surface area (TPSA) is 25.2 Å². The highest BCUT2D eigenvalue weighted by atomic mass is 79.9. The normalized spacial score (nSPS) is 15.8. The highest BCUT2D eigenvalue weighted by Crippen LogP contribution is 2.36. The van der Waals surface area contributed by atoms with Crippen LogP contribution in [0.5, 0.6) is 0 Å². The lowest BCUT2D eigenvalue weighted by Gasteiger charge is -2.16. The van der Waals surface area contributed by atoms with Crippen LogP contribution in [0.15, 0.2) is 52.0 Å². The van der Waals surface area contributed by atoms with E-state index < -0.39 is 0 Å². The Morgan fingerprint density at radius 1 is 1.29 bits per heavy atom. The van der Waals surface area contributed by atoms with Gasteiger partial charge in [0.05, 0.1) is 11.4 Å². The molecule has 1 amide bonds. The van der Waals surface area contributed by atoms with Crippen LogP contribution >= 0.6 is 51.5 Å². The molecule has 3 aromatic rings. The monoisotopic (exact) mass is 536 g/mol. The van der Waals surface area contributed by atoms with Crippen molar-refractivity contribution in [3.8, 4) is 0 Å². The van der Waals surface area contributed by atoms with Crippen LogP contribution in [0.3, 0.4) is 0 Å². The molecule has 1 aliphatic rings. The van der Waals surface area contributed by atoms with Crippen molar-refractivity contribution in [1.82, 2.24) is 9.47 Å². The maximum Gasteiger partial charge on any atom is 0.266 e. The summed E-state index contributed by atoms with van der Waals surface area (Å²) in [4.78, 5) is 15.2. The van der Waals surface area contributed by atoms with Gasteiger partial charge in [-0.2, -0.15) is 0 Å². The molecule has 160 valence electrons. The molecule has 0 radical (unpaired) electrons. The van der Waals surface area contributed by atoms with Gasteiger partial charge in [0, 0.05) is 44.3 Å². The Kier molecular flexibility index (Phi) is 6.58. The fourth-order valence-electron chi connectivity index (χ4n) is 3.56. The molecule has 0 N–H and O–H groups in total. The summed E-state index contributed by atoms with van der Waals surface area (Å²) in [6.07, 6.45) is 3.79. The molecule has 1 saturated heterocycles. The molecule has 8 heteroatoms. The number of hydrogen-bond donors (Lipinski definition) is 0. The molecule has 0 spiro atoms. The van der Waals surface area contributed by atoms with Crippen LogP contribution in [0.4, 0.5) is 4.39 Å². The van der Waals surface area contributed by atoms with Gasteiger partial charge in [-0.15, -0.1) is 0 Å². The number of benzene rings is 2. The Hall–Kier alpha value is -1.67. The van der Waals surface area contributed by atoms with E-state index in [0.717, 1.165) is 20.9 Å². The molecule has 1 aromatic heterocycles. The van der Waals surface area contributed by atoms with Gasteiger partial charge in [-0.25, -0.2) is 4.39 Å². The largest absolute Gasteiger partial charge is 0.342 e. The number of fused-ring (bicyclic) bond motifs is 1. The van der Waals surface area contributed by atoms with Crippen molar-refractivity contribution in [3.63, 3.8) is 0 Å². The summed E-state index contributed by atoms with van der Waals surface area (Å²) < 4.78 is 17.8. The van der Waals surface area contributed by atoms with Gasteiger partial charge in [0.25, 0.3) is 5.91 Å². The zero-order chi connectivity index (χ0) is 22.3. The number of aromatic nitrogens is 1. The number of halogens is 3. The van der Waals surface area contributed by atoms with Gasteiger partial charge in [0.2, 0.25) is 0 Å². The molecule has 1 fully saturated rings. The van der Waals surface area contributed by atoms with E-state index in [1.54, 1.807) is 17.0 Å². The minimum atomic E-state index is -0.345. The average Bonchev–Trinajstić information content (AvgIpc) is 3.16. The summed E-state index contributed by atoms with van der Waals surface area (Å²) in [5.41, 5.74) is 2.22. The maximum absolute atomic E-state index is 14.4. The molecule has 1 aliphatic heterocycles. The van der Waals surface area contributed by atoms with Gasteiger partial charge >= 0.3 is 0 Å². The van der Waals surface area contributed by atoms with Gasteiger partial charge in [0.1, 0.15) is 10.1 Å². The van der Waals surface area contributed by atoms with E-state index in [1.807, 2.05) is 35.0 Å². The molecule has 2 aromatic carbocycles. The van der Waals surface area contributed by atoms with E-state index in [9.17, 15) is 9.18 Å². The predicted molar refractivity (Wildman–Crippen MR) is 135 cm³/mol. The molecule has 2 heterocycles. The lowest BCUT2D eigenvalue weighted by atomic mass is 10.1. The Balaban J connectivity index is 1.77. The van der Waals surface area contributed by atoms with Crippen molar-refractivity contribution in [2.24, 2.45) is 5.92 Å². The summed E-state index contributed by atoms with van der Waals surface area (Å²) in [6, 6.07) is 10.6. The number of amides is 1. The van der Waals surface area contributed by atoms with E-state index in [2.05, 4.69) is 29.8 Å². The average molecular weight is 538 g/mol. The van der Waals surface area contributed by atoms with Gasteiger partial charge in [-0.3, -0.25) is 9.69 Å². The molecule has 4 rings (SSSR count). The van der Waals surface area contributed by atoms with Crippen LogP contribution in [-0.2, 0) is 11.3 Å². The number of carbonyl (C=O) groups excluding carboxylic acids is 1. The second kappa shape index (κ2) is 9.06. The summed E-state index contributed by atoms with van der Waals surface area (Å²) in [7, 11) is 0. The molecule has 0 bridgehead atoms. The molecular formula is C23H19BrClFN2OS2. The van der Waals surface area contributed by atoms with Gasteiger partial charge in [-0.05, 0) is 42.3 Å². The molecule has 31 heavy (non-hydrogen) atoms. The minimum Gasteiger partial charge on any atom is -0.342 e. The summed E-state index contributed by atoms with van der Waals surface area (Å²) in [6.45, 7) is 5.00. The zero-order valence-electron chi connectivity index (χ0n) is 16.9. The summed E-state index contributed by atoms with van der Waals surface area (Å²) in [5.74, 6) is -0.0930. The van der Waals surface area contributed by atoms with Crippen molar-refractivity contribution >= 4 is 78.7 Å². The fraction of sp³-hybridized carbons (Fsp3) is 0.217. The predicted octanol–water partition coefficient (Wildman–Crippen LogP) is 7.10. The van der Waals surface area contributed by atoms with E-state index >= 15 is 0 Å². The number of carbonyl (C=O) groups is 1. The Bertz CT molecular complexity index is 1220. The van der Waals surface area contributed by atoms with Crippen molar-refractivity contribution in [2.45, 2.75) is 20.4 Å². The fourth-order valence-corrected chi connectivity index (χ4v) is 5.41. The first-order chi connectivity index (χ1) is 14.7. The number of thiocarbonyl (C=S) groups is 1. The number of hydrogen-bond acceptors (Lipinski definition) is 3. The SMILES string of the molecule is CC(C)CN1C(=O)/C(=C/c2cn(Cc3c(F)cccc3Cl)c3ccc(Br)cc23)SC1=S. The zero-order valence-corrected chi connectivity index (χ0v) is 20.8. The molecule has 0 saturated carbocycles. The number of rotatable bonds is 5. The van der Waals surface area contributed by atoms with Crippen molar-refractivity contribution in [2.75, 3.05) is 6.54 Å². The summed E-state index contributed by atoms with van der Waals surface area (Å²) >= 11 is 16.5. The van der Waals surface area contributed by atoms with Crippen LogP contribution in [0, 0.1) is 11.7 Å². The van der Waals surface area contributed by atoms with Gasteiger partial charge in [-0.1, -0.05) is 71.4 Å². The third-order valence-electron chi connectivity index (χ3n) is 4.97. The Morgan fingerprint density at radius 3 is 2.77 bits per heavy atom. The first-order valence-corrected chi connectivity index (χ1v) is 12.1. The van der Waals surface area contributed by atoms with Crippen molar-refractivity contribution in [1.29, 1.82) is 0 Å². The Morgan fingerprint density at radius 2 is 2.06 bits per heavy atom. The molecule has 0 unspecified atom stereocenters. The third-order valence-corrected chi connectivity index (χ3v) is 7.20. The van der Waals surface area contributed by atoms with E-state index in [4.69, 9.17) is 23.8 Å². The standard InChI is InChI=1S/C23H19BrClFN2OS2/c1-13(2)10-28-22(29)21(31-23(28)30)8-14-11-27(20-7-6-15(24)9-16(14)20)12-17-18(25)4-3-5-19(17)26/h3-9,11,13H,10,12H2,1-2H3/b21-8-. The first-order valence-electron chi connectivity index (χ1n) is 9.71. The molecule has 0 atom stereocenters. The molecule has 3 nitrogen and oxygen atoms in total. The van der Waals surface area contributed by atoms with Crippen LogP contribution in [0.2, 0.25) is 5.02 Å². The van der Waals surface area contributed by atoms with Crippen molar-refractivity contribution < 1.29 is 9.18 Å². The van der Waals surface area contributed by atoms with Crippen LogP contribution in [-0.4, -0.2) is 26.2 Å². The highest BCUT2D eigenvalue weighted by molar-refractivity contribution is 9.10. The highest BCUT2D eigenvalue weighted by Gasteiger charge is 2.32. The van der Waals surface area contributed by atoms with Crippen LogP contribution < -0.4 is 0 Å². The van der Waals surface area contributed by atoms with Crippen LogP contribution in [0.1, 0.15) is 25.0 Å². The second-order valence-electron chi connectivity index (χ2n) is 7.76. The molecular weight excluding hydrogens is 519 g/mol. The lowest BCUT2D eigenvalue weighted by Crippen LogP contribution is -2.31. The van der Waals surface area contributed by atoms with Crippen molar-refractivity contribution in [3.05, 3.63) is 73.9 Å². The van der Waals surface area contributed by atoms with E-state index in [0.29, 0.717) is 32.3 Å². The Labute approximate surface area is 203 Å². The number of thioether (sulfide) groups is 1. The van der Waals surface area contributed by atoms with Gasteiger partial charge < -0.3 is 4.57 Å². The second-order valence-corrected chi connectivity index (χ2v) is 10.8. The smallest absolute Gasteiger partial charge is 0.266 e. The third kappa shape index (κ3) is 4.60. The molecule has 0 aliphatic carbocycles.